The van der Waals surface area contributed by atoms with E-state index < -0.39 is 42.1 Å². The van der Waals surface area contributed by atoms with E-state index in [1.165, 1.54) is 35.0 Å². The number of hydrogen-bond donors (Lipinski definition) is 2. The first-order chi connectivity index (χ1) is 16.5. The van der Waals surface area contributed by atoms with Gasteiger partial charge in [0.05, 0.1) is 11.1 Å². The van der Waals surface area contributed by atoms with Crippen LogP contribution >= 0.6 is 0 Å². The van der Waals surface area contributed by atoms with E-state index in [0.717, 1.165) is 12.3 Å². The van der Waals surface area contributed by atoms with Gasteiger partial charge in [-0.1, -0.05) is 0 Å². The number of carboxylic acid groups (broad SMARTS) is 2. The average molecular weight is 494 g/mol. The third kappa shape index (κ3) is 5.21. The molecule has 1 aliphatic heterocycles. The zero-order valence-electron chi connectivity index (χ0n) is 18.4. The molecule has 0 radical (unpaired) electrons. The molecular weight excluding hydrogens is 472 g/mol. The Bertz CT molecular complexity index is 1240. The first-order valence-corrected chi connectivity index (χ1v) is 10.8. The number of benzene rings is 1. The number of carbonyl (C=O) groups is 2. The number of fused-ring (bicyclic) bond motifs is 1. The fraction of sp³-hybridized carbons (Fsp3) is 0.348. The summed E-state index contributed by atoms with van der Waals surface area (Å²) in [6.45, 7) is 0.977. The van der Waals surface area contributed by atoms with E-state index in [9.17, 15) is 37.4 Å². The summed E-state index contributed by atoms with van der Waals surface area (Å²) in [4.78, 5) is 31.1. The molecular formula is C23H22F4N4O4. The Morgan fingerprint density at radius 3 is 2.46 bits per heavy atom. The summed E-state index contributed by atoms with van der Waals surface area (Å²) in [5.74, 6) is -2.51. The van der Waals surface area contributed by atoms with Gasteiger partial charge in [-0.25, -0.2) is 9.37 Å². The fourth-order valence-electron chi connectivity index (χ4n) is 4.44. The lowest BCUT2D eigenvalue weighted by Crippen LogP contribution is -2.37. The molecule has 0 aliphatic carbocycles. The molecule has 8 nitrogen and oxygen atoms in total. The maximum absolute atomic E-state index is 13.9. The Labute approximate surface area is 197 Å². The second-order valence-corrected chi connectivity index (χ2v) is 8.29. The molecule has 1 fully saturated rings. The maximum atomic E-state index is 13.9. The summed E-state index contributed by atoms with van der Waals surface area (Å²) in [6.07, 6.45) is -1.76. The number of pyridine rings is 1. The minimum Gasteiger partial charge on any atom is -0.480 e. The molecule has 0 unspecified atom stereocenters. The van der Waals surface area contributed by atoms with Crippen LogP contribution < -0.4 is 4.90 Å². The van der Waals surface area contributed by atoms with Crippen LogP contribution in [0.4, 0.5) is 23.4 Å². The third-order valence-corrected chi connectivity index (χ3v) is 6.00. The van der Waals surface area contributed by atoms with E-state index in [1.54, 1.807) is 9.80 Å². The van der Waals surface area contributed by atoms with Gasteiger partial charge in [0.1, 0.15) is 24.2 Å². The highest BCUT2D eigenvalue weighted by Crippen LogP contribution is 2.33. The van der Waals surface area contributed by atoms with Gasteiger partial charge in [0.2, 0.25) is 0 Å². The highest BCUT2D eigenvalue weighted by atomic mass is 19.4. The summed E-state index contributed by atoms with van der Waals surface area (Å²) in [6, 6.07) is 4.92. The molecule has 1 saturated heterocycles. The Kier molecular flexibility index (Phi) is 6.66. The summed E-state index contributed by atoms with van der Waals surface area (Å²) in [5, 5.41) is 19.8. The number of carboxylic acids is 2. The largest absolute Gasteiger partial charge is 0.480 e. The number of rotatable bonds is 6. The monoisotopic (exact) mass is 494 g/mol. The lowest BCUT2D eigenvalue weighted by atomic mass is 10.0. The molecule has 3 aromatic rings. The van der Waals surface area contributed by atoms with E-state index in [-0.39, 0.29) is 12.1 Å². The Balaban J connectivity index is 1.61. The molecule has 35 heavy (non-hydrogen) atoms. The number of anilines is 1. The van der Waals surface area contributed by atoms with Crippen LogP contribution in [0.25, 0.3) is 10.9 Å². The minimum atomic E-state index is -4.49. The Morgan fingerprint density at radius 1 is 1.06 bits per heavy atom. The van der Waals surface area contributed by atoms with Crippen LogP contribution in [0.1, 0.15) is 23.6 Å². The fourth-order valence-corrected chi connectivity index (χ4v) is 4.44. The lowest BCUT2D eigenvalue weighted by Gasteiger charge is -2.27. The van der Waals surface area contributed by atoms with Gasteiger partial charge in [-0.3, -0.25) is 14.5 Å². The molecule has 1 aliphatic rings. The molecule has 4 rings (SSSR count). The Morgan fingerprint density at radius 2 is 1.83 bits per heavy atom. The van der Waals surface area contributed by atoms with Gasteiger partial charge in [0, 0.05) is 49.5 Å². The van der Waals surface area contributed by atoms with Gasteiger partial charge < -0.3 is 19.7 Å². The van der Waals surface area contributed by atoms with E-state index in [2.05, 4.69) is 4.98 Å². The average Bonchev–Trinajstić information content (AvgIpc) is 2.95. The smallest absolute Gasteiger partial charge is 0.417 e. The molecule has 12 heteroatoms. The van der Waals surface area contributed by atoms with E-state index in [0.29, 0.717) is 42.8 Å². The predicted molar refractivity (Wildman–Crippen MR) is 118 cm³/mol. The van der Waals surface area contributed by atoms with E-state index in [1.807, 2.05) is 0 Å². The molecule has 3 heterocycles. The highest BCUT2D eigenvalue weighted by molar-refractivity contribution is 5.90. The van der Waals surface area contributed by atoms with Crippen molar-refractivity contribution < 1.29 is 37.4 Å². The maximum Gasteiger partial charge on any atom is 0.417 e. The van der Waals surface area contributed by atoms with E-state index >= 15 is 0 Å². The quantitative estimate of drug-likeness (QED) is 0.505. The van der Waals surface area contributed by atoms with Crippen molar-refractivity contribution in [2.75, 3.05) is 31.1 Å². The normalized spacial score (nSPS) is 16.3. The van der Waals surface area contributed by atoms with Crippen LogP contribution in [-0.4, -0.2) is 62.8 Å². The van der Waals surface area contributed by atoms with Crippen LogP contribution in [-0.2, 0) is 22.3 Å². The molecule has 186 valence electrons. The van der Waals surface area contributed by atoms with Gasteiger partial charge in [-0.05, 0) is 36.8 Å². The van der Waals surface area contributed by atoms with Crippen LogP contribution in [0, 0.1) is 5.82 Å². The molecule has 0 saturated carbocycles. The summed E-state index contributed by atoms with van der Waals surface area (Å²) >= 11 is 0. The molecule has 0 amide bonds. The second kappa shape index (κ2) is 9.53. The standard InChI is InChI=1S/C23H22F4N4O4/c24-15-3-4-16-17(12-31(13-20(32)33)18(16)10-15)21(22(34)35)30-7-1-6-29(8-9-30)19-5-2-14(11-28-19)23(25,26)27/h2-5,10-12,21H,1,6-9,13H2,(H,32,33)(H,34,35)/t21-/m1/s1. The van der Waals surface area contributed by atoms with Crippen molar-refractivity contribution in [3.8, 4) is 0 Å². The SMILES string of the molecule is O=C(O)Cn1cc([C@H](C(=O)O)N2CCCN(c3ccc(C(F)(F)F)cn3)CC2)c2ccc(F)cc21. The number of aromatic nitrogens is 2. The molecule has 2 aromatic heterocycles. The topological polar surface area (TPSA) is 98.9 Å². The van der Waals surface area contributed by atoms with Crippen molar-refractivity contribution in [1.82, 2.24) is 14.5 Å². The number of aliphatic carboxylic acids is 2. The molecule has 0 bridgehead atoms. The molecule has 0 spiro atoms. The summed E-state index contributed by atoms with van der Waals surface area (Å²) in [7, 11) is 0. The van der Waals surface area contributed by atoms with Gasteiger partial charge >= 0.3 is 18.1 Å². The first kappa shape index (κ1) is 24.5. The van der Waals surface area contributed by atoms with Crippen molar-refractivity contribution in [1.29, 1.82) is 0 Å². The Hall–Kier alpha value is -3.67. The van der Waals surface area contributed by atoms with Crippen molar-refractivity contribution in [3.63, 3.8) is 0 Å². The summed E-state index contributed by atoms with van der Waals surface area (Å²) < 4.78 is 53.7. The molecule has 2 N–H and O–H groups in total. The van der Waals surface area contributed by atoms with Crippen LogP contribution in [0.5, 0.6) is 0 Å². The van der Waals surface area contributed by atoms with Crippen molar-refractivity contribution in [2.24, 2.45) is 0 Å². The second-order valence-electron chi connectivity index (χ2n) is 8.29. The number of halogens is 4. The van der Waals surface area contributed by atoms with Crippen molar-refractivity contribution in [2.45, 2.75) is 25.2 Å². The van der Waals surface area contributed by atoms with Gasteiger partial charge in [-0.15, -0.1) is 0 Å². The summed E-state index contributed by atoms with van der Waals surface area (Å²) in [5.41, 5.74) is -0.230. The molecule has 1 aromatic carbocycles. The van der Waals surface area contributed by atoms with Gasteiger partial charge in [0.15, 0.2) is 0 Å². The predicted octanol–water partition coefficient (Wildman–Crippen LogP) is 3.62. The molecule has 1 atom stereocenters. The zero-order chi connectivity index (χ0) is 25.3. The number of alkyl halides is 3. The van der Waals surface area contributed by atoms with E-state index in [4.69, 9.17) is 0 Å². The van der Waals surface area contributed by atoms with Gasteiger partial charge in [0.25, 0.3) is 0 Å². The lowest BCUT2D eigenvalue weighted by molar-refractivity contribution is -0.143. The van der Waals surface area contributed by atoms with Gasteiger partial charge in [-0.2, -0.15) is 13.2 Å². The van der Waals surface area contributed by atoms with Crippen LogP contribution in [0.15, 0.2) is 42.7 Å². The highest BCUT2D eigenvalue weighted by Gasteiger charge is 2.33. The zero-order valence-corrected chi connectivity index (χ0v) is 18.4. The van der Waals surface area contributed by atoms with Crippen molar-refractivity contribution in [3.05, 3.63) is 59.7 Å². The number of hydrogen-bond acceptors (Lipinski definition) is 5. The van der Waals surface area contributed by atoms with Crippen LogP contribution in [0.3, 0.4) is 0 Å². The third-order valence-electron chi connectivity index (χ3n) is 6.00. The minimum absolute atomic E-state index is 0.270. The number of nitrogens with zero attached hydrogens (tertiary/aromatic N) is 4. The first-order valence-electron chi connectivity index (χ1n) is 10.8. The van der Waals surface area contributed by atoms with Crippen LogP contribution in [0.2, 0.25) is 0 Å². The van der Waals surface area contributed by atoms with Crippen molar-refractivity contribution >= 4 is 28.7 Å².